The number of amides is 2. The van der Waals surface area contributed by atoms with Crippen LogP contribution in [0.25, 0.3) is 0 Å². The zero-order valence-corrected chi connectivity index (χ0v) is 13.5. The number of hydrogen-bond donors (Lipinski definition) is 3. The number of aliphatic hydroxyl groups excluding tert-OH is 1. The monoisotopic (exact) mass is 336 g/mol. The van der Waals surface area contributed by atoms with Crippen molar-refractivity contribution in [2.24, 2.45) is 11.8 Å². The van der Waals surface area contributed by atoms with Gasteiger partial charge in [-0.15, -0.1) is 11.3 Å². The Morgan fingerprint density at radius 3 is 2.70 bits per heavy atom. The average molecular weight is 336 g/mol. The van der Waals surface area contributed by atoms with E-state index in [0.717, 1.165) is 30.6 Å². The third-order valence-electron chi connectivity index (χ3n) is 4.82. The Kier molecular flexibility index (Phi) is 4.77. The predicted molar refractivity (Wildman–Crippen MR) is 85.0 cm³/mol. The molecule has 0 radical (unpaired) electrons. The summed E-state index contributed by atoms with van der Waals surface area (Å²) in [4.78, 5) is 36.4. The molecule has 0 aliphatic heterocycles. The smallest absolute Gasteiger partial charge is 0.293 e. The fraction of sp³-hybridized carbons (Fsp3) is 0.562. The van der Waals surface area contributed by atoms with Crippen LogP contribution in [0, 0.1) is 11.8 Å². The van der Waals surface area contributed by atoms with E-state index in [-0.39, 0.29) is 6.04 Å². The zero-order chi connectivity index (χ0) is 16.4. The van der Waals surface area contributed by atoms with Gasteiger partial charge in [-0.1, -0.05) is 12.5 Å². The molecule has 4 unspecified atom stereocenters. The van der Waals surface area contributed by atoms with Gasteiger partial charge in [0, 0.05) is 6.04 Å². The molecule has 2 bridgehead atoms. The SMILES string of the molecule is O=C(NC(CO)C(=O)NC1CC2CCC1C2)C(=O)c1cccs1. The van der Waals surface area contributed by atoms with Crippen molar-refractivity contribution in [3.8, 4) is 0 Å². The highest BCUT2D eigenvalue weighted by Crippen LogP contribution is 2.44. The third kappa shape index (κ3) is 3.45. The molecule has 1 aromatic rings. The molecule has 124 valence electrons. The molecule has 2 saturated carbocycles. The maximum absolute atomic E-state index is 12.3. The van der Waals surface area contributed by atoms with Gasteiger partial charge in [-0.25, -0.2) is 0 Å². The molecule has 23 heavy (non-hydrogen) atoms. The Balaban J connectivity index is 1.55. The van der Waals surface area contributed by atoms with Gasteiger partial charge in [0.2, 0.25) is 5.91 Å². The van der Waals surface area contributed by atoms with Crippen molar-refractivity contribution >= 4 is 28.9 Å². The summed E-state index contributed by atoms with van der Waals surface area (Å²) in [7, 11) is 0. The van der Waals surface area contributed by atoms with E-state index in [1.807, 2.05) is 0 Å². The summed E-state index contributed by atoms with van der Waals surface area (Å²) in [5, 5.41) is 16.3. The van der Waals surface area contributed by atoms with Gasteiger partial charge in [0.1, 0.15) is 6.04 Å². The van der Waals surface area contributed by atoms with Crippen molar-refractivity contribution in [3.05, 3.63) is 22.4 Å². The van der Waals surface area contributed by atoms with Gasteiger partial charge in [0.25, 0.3) is 11.7 Å². The molecule has 1 heterocycles. The van der Waals surface area contributed by atoms with Gasteiger partial charge < -0.3 is 15.7 Å². The molecule has 3 rings (SSSR count). The number of carbonyl (C=O) groups excluding carboxylic acids is 3. The van der Waals surface area contributed by atoms with Crippen LogP contribution in [0.15, 0.2) is 17.5 Å². The number of Topliss-reactive ketones (excluding diaryl/α,β-unsaturated/α-hetero) is 1. The number of nitrogens with one attached hydrogen (secondary N) is 2. The Labute approximate surface area is 138 Å². The molecule has 4 atom stereocenters. The highest BCUT2D eigenvalue weighted by atomic mass is 32.1. The topological polar surface area (TPSA) is 95.5 Å². The van der Waals surface area contributed by atoms with Crippen molar-refractivity contribution in [1.29, 1.82) is 0 Å². The largest absolute Gasteiger partial charge is 0.394 e. The number of aliphatic hydroxyl groups is 1. The number of ketones is 1. The summed E-state index contributed by atoms with van der Waals surface area (Å²) in [5.74, 6) is -0.780. The van der Waals surface area contributed by atoms with E-state index in [0.29, 0.717) is 16.7 Å². The maximum atomic E-state index is 12.3. The van der Waals surface area contributed by atoms with Crippen molar-refractivity contribution in [3.63, 3.8) is 0 Å². The van der Waals surface area contributed by atoms with Gasteiger partial charge in [-0.05, 0) is 42.5 Å². The average Bonchev–Trinajstić information content (AvgIpc) is 3.28. The van der Waals surface area contributed by atoms with Crippen LogP contribution in [-0.2, 0) is 9.59 Å². The molecule has 6 nitrogen and oxygen atoms in total. The van der Waals surface area contributed by atoms with Crippen molar-refractivity contribution < 1.29 is 19.5 Å². The summed E-state index contributed by atoms with van der Waals surface area (Å²) in [5.41, 5.74) is 0. The quantitative estimate of drug-likeness (QED) is 0.527. The second-order valence-electron chi connectivity index (χ2n) is 6.30. The molecule has 7 heteroatoms. The van der Waals surface area contributed by atoms with Gasteiger partial charge in [-0.3, -0.25) is 14.4 Å². The normalized spacial score (nSPS) is 26.7. The third-order valence-corrected chi connectivity index (χ3v) is 5.69. The predicted octanol–water partition coefficient (Wildman–Crippen LogP) is 0.713. The summed E-state index contributed by atoms with van der Waals surface area (Å²) in [6, 6.07) is 2.26. The Hall–Kier alpha value is -1.73. The number of fused-ring (bicyclic) bond motifs is 2. The van der Waals surface area contributed by atoms with Crippen LogP contribution >= 0.6 is 11.3 Å². The highest BCUT2D eigenvalue weighted by molar-refractivity contribution is 7.13. The lowest BCUT2D eigenvalue weighted by Crippen LogP contribution is -2.53. The molecule has 2 fully saturated rings. The van der Waals surface area contributed by atoms with E-state index in [4.69, 9.17) is 0 Å². The fourth-order valence-corrected chi connectivity index (χ4v) is 4.30. The minimum Gasteiger partial charge on any atom is -0.394 e. The van der Waals surface area contributed by atoms with Crippen molar-refractivity contribution in [2.45, 2.75) is 37.8 Å². The first-order chi connectivity index (χ1) is 11.1. The van der Waals surface area contributed by atoms with E-state index in [9.17, 15) is 19.5 Å². The van der Waals surface area contributed by atoms with Crippen LogP contribution in [0.3, 0.4) is 0 Å². The van der Waals surface area contributed by atoms with Gasteiger partial charge in [0.05, 0.1) is 11.5 Å². The first-order valence-electron chi connectivity index (χ1n) is 7.88. The van der Waals surface area contributed by atoms with Crippen LogP contribution in [0.1, 0.15) is 35.4 Å². The van der Waals surface area contributed by atoms with Gasteiger partial charge >= 0.3 is 0 Å². The summed E-state index contributed by atoms with van der Waals surface area (Å²) >= 11 is 1.16. The zero-order valence-electron chi connectivity index (χ0n) is 12.7. The first-order valence-corrected chi connectivity index (χ1v) is 8.76. The van der Waals surface area contributed by atoms with E-state index in [1.54, 1.807) is 17.5 Å². The minimum atomic E-state index is -1.09. The lowest BCUT2D eigenvalue weighted by Gasteiger charge is -2.25. The van der Waals surface area contributed by atoms with Crippen LogP contribution in [0.5, 0.6) is 0 Å². The second kappa shape index (κ2) is 6.80. The van der Waals surface area contributed by atoms with Crippen molar-refractivity contribution in [2.75, 3.05) is 6.61 Å². The molecule has 0 aromatic carbocycles. The fourth-order valence-electron chi connectivity index (χ4n) is 3.64. The summed E-state index contributed by atoms with van der Waals surface area (Å²) in [6.45, 7) is -0.532. The van der Waals surface area contributed by atoms with Gasteiger partial charge in [-0.2, -0.15) is 0 Å². The molecule has 0 spiro atoms. The number of carbonyl (C=O) groups is 3. The van der Waals surface area contributed by atoms with E-state index >= 15 is 0 Å². The molecular formula is C16H20N2O4S. The highest BCUT2D eigenvalue weighted by Gasteiger charge is 2.40. The summed E-state index contributed by atoms with van der Waals surface area (Å²) < 4.78 is 0. The minimum absolute atomic E-state index is 0.125. The molecular weight excluding hydrogens is 316 g/mol. The van der Waals surface area contributed by atoms with Crippen LogP contribution < -0.4 is 10.6 Å². The number of rotatable bonds is 6. The maximum Gasteiger partial charge on any atom is 0.293 e. The summed E-state index contributed by atoms with van der Waals surface area (Å²) in [6.07, 6.45) is 4.48. The number of thiophene rings is 1. The van der Waals surface area contributed by atoms with E-state index in [2.05, 4.69) is 10.6 Å². The Morgan fingerprint density at radius 2 is 2.13 bits per heavy atom. The van der Waals surface area contributed by atoms with E-state index < -0.39 is 30.2 Å². The van der Waals surface area contributed by atoms with Crippen LogP contribution in [-0.4, -0.2) is 41.4 Å². The van der Waals surface area contributed by atoms with E-state index in [1.165, 1.54) is 6.42 Å². The van der Waals surface area contributed by atoms with Crippen LogP contribution in [0.2, 0.25) is 0 Å². The molecule has 0 saturated heterocycles. The first kappa shape index (κ1) is 16.1. The molecule has 1 aromatic heterocycles. The molecule has 2 aliphatic rings. The molecule has 2 amide bonds. The number of hydrogen-bond acceptors (Lipinski definition) is 5. The Bertz CT molecular complexity index is 601. The molecule has 3 N–H and O–H groups in total. The lowest BCUT2D eigenvalue weighted by atomic mass is 9.95. The second-order valence-corrected chi connectivity index (χ2v) is 7.25. The Morgan fingerprint density at radius 1 is 1.30 bits per heavy atom. The lowest BCUT2D eigenvalue weighted by molar-refractivity contribution is -0.129. The standard InChI is InChI=1S/C16H20N2O4S/c19-8-12(18-16(22)14(20)13-2-1-5-23-13)15(21)17-11-7-9-3-4-10(11)6-9/h1-2,5,9-12,19H,3-4,6-8H2,(H,17,21)(H,18,22). The van der Waals surface area contributed by atoms with Gasteiger partial charge in [0.15, 0.2) is 0 Å². The molecule has 2 aliphatic carbocycles. The van der Waals surface area contributed by atoms with Crippen LogP contribution in [0.4, 0.5) is 0 Å². The van der Waals surface area contributed by atoms with Crippen molar-refractivity contribution in [1.82, 2.24) is 10.6 Å².